The van der Waals surface area contributed by atoms with E-state index < -0.39 is 24.2 Å². The first-order chi connectivity index (χ1) is 16.0. The highest BCUT2D eigenvalue weighted by Gasteiger charge is 2.17. The van der Waals surface area contributed by atoms with Gasteiger partial charge >= 0.3 is 6.09 Å². The van der Waals surface area contributed by atoms with Crippen molar-refractivity contribution in [2.45, 2.75) is 52.4 Å². The number of carbonyl (C=O) groups excluding carboxylic acids is 1. The number of nitrogens with one attached hydrogen (secondary N) is 2. The van der Waals surface area contributed by atoms with E-state index in [1.54, 1.807) is 37.8 Å². The number of amides is 1. The number of alkyl halides is 2. The first-order valence-electron chi connectivity index (χ1n) is 10.7. The van der Waals surface area contributed by atoms with E-state index in [1.807, 2.05) is 25.1 Å². The molecule has 0 aliphatic heterocycles. The molecular formula is C23H28F2N6O3. The van der Waals surface area contributed by atoms with E-state index in [0.717, 1.165) is 16.7 Å². The molecule has 0 saturated carbocycles. The quantitative estimate of drug-likeness (QED) is 0.448. The van der Waals surface area contributed by atoms with Gasteiger partial charge in [-0.05, 0) is 57.0 Å². The Balaban J connectivity index is 1.65. The number of aliphatic hydroxyl groups is 1. The Labute approximate surface area is 196 Å². The number of rotatable bonds is 8. The van der Waals surface area contributed by atoms with Crippen molar-refractivity contribution < 1.29 is 23.4 Å². The van der Waals surface area contributed by atoms with Crippen molar-refractivity contribution in [3.63, 3.8) is 0 Å². The van der Waals surface area contributed by atoms with Crippen molar-refractivity contribution >= 4 is 17.7 Å². The van der Waals surface area contributed by atoms with Crippen LogP contribution in [-0.2, 0) is 11.3 Å². The van der Waals surface area contributed by atoms with Gasteiger partial charge in [-0.25, -0.2) is 23.5 Å². The summed E-state index contributed by atoms with van der Waals surface area (Å²) in [7, 11) is 0. The van der Waals surface area contributed by atoms with Gasteiger partial charge in [0, 0.05) is 30.2 Å². The van der Waals surface area contributed by atoms with Crippen molar-refractivity contribution in [3.05, 3.63) is 54.1 Å². The van der Waals surface area contributed by atoms with Crippen LogP contribution in [-0.4, -0.2) is 49.2 Å². The molecule has 11 heteroatoms. The summed E-state index contributed by atoms with van der Waals surface area (Å²) in [6.45, 7) is 7.36. The van der Waals surface area contributed by atoms with Crippen LogP contribution >= 0.6 is 0 Å². The number of alkyl carbamates (subject to hydrolysis) is 1. The fourth-order valence-corrected chi connectivity index (χ4v) is 3.11. The lowest BCUT2D eigenvalue weighted by Crippen LogP contribution is -2.38. The minimum Gasteiger partial charge on any atom is -0.444 e. The topological polar surface area (TPSA) is 114 Å². The summed E-state index contributed by atoms with van der Waals surface area (Å²) in [5.74, 6) is 0.0747. The average Bonchev–Trinajstić information content (AvgIpc) is 3.19. The predicted molar refractivity (Wildman–Crippen MR) is 123 cm³/mol. The molecule has 0 aliphatic carbocycles. The summed E-state index contributed by atoms with van der Waals surface area (Å²) in [6, 6.07) is 6.79. The number of ether oxygens (including phenoxy) is 1. The van der Waals surface area contributed by atoms with E-state index in [9.17, 15) is 18.7 Å². The van der Waals surface area contributed by atoms with Gasteiger partial charge in [-0.15, -0.1) is 0 Å². The second-order valence-corrected chi connectivity index (χ2v) is 8.81. The summed E-state index contributed by atoms with van der Waals surface area (Å²) in [4.78, 5) is 19.6. The highest BCUT2D eigenvalue weighted by molar-refractivity contribution is 5.70. The van der Waals surface area contributed by atoms with E-state index in [1.165, 1.54) is 12.3 Å². The number of benzene rings is 1. The van der Waals surface area contributed by atoms with Gasteiger partial charge in [0.05, 0.1) is 18.8 Å². The molecule has 9 nitrogen and oxygen atoms in total. The third kappa shape index (κ3) is 7.48. The zero-order valence-electron chi connectivity index (χ0n) is 19.4. The Kier molecular flexibility index (Phi) is 7.77. The second-order valence-electron chi connectivity index (χ2n) is 8.81. The molecule has 3 N–H and O–H groups in total. The lowest BCUT2D eigenvalue weighted by molar-refractivity contribution is 0.0482. The number of hydrogen-bond donors (Lipinski definition) is 3. The largest absolute Gasteiger partial charge is 0.444 e. The maximum Gasteiger partial charge on any atom is 0.407 e. The number of carbonyl (C=O) groups is 1. The van der Waals surface area contributed by atoms with Crippen LogP contribution in [0.5, 0.6) is 0 Å². The van der Waals surface area contributed by atoms with Crippen LogP contribution in [0, 0.1) is 6.92 Å². The molecule has 0 fully saturated rings. The summed E-state index contributed by atoms with van der Waals surface area (Å²) in [6.07, 6.45) is 0.548. The smallest absolute Gasteiger partial charge is 0.407 e. The summed E-state index contributed by atoms with van der Waals surface area (Å²) < 4.78 is 32.5. The van der Waals surface area contributed by atoms with Crippen molar-refractivity contribution in [3.8, 4) is 11.1 Å². The van der Waals surface area contributed by atoms with E-state index >= 15 is 0 Å². The molecule has 1 unspecified atom stereocenters. The zero-order valence-corrected chi connectivity index (χ0v) is 19.4. The Bertz CT molecular complexity index is 1130. The number of aliphatic hydroxyl groups excluding tert-OH is 1. The second kappa shape index (κ2) is 10.6. The predicted octanol–water partition coefficient (Wildman–Crippen LogP) is 4.22. The summed E-state index contributed by atoms with van der Waals surface area (Å²) >= 11 is 0. The lowest BCUT2D eigenvalue weighted by Gasteiger charge is -2.20. The molecule has 0 saturated heterocycles. The molecule has 3 aromatic rings. The molecule has 0 bridgehead atoms. The fraction of sp³-hybridized carbons (Fsp3) is 0.391. The van der Waals surface area contributed by atoms with Crippen LogP contribution in [0.4, 0.5) is 25.2 Å². The van der Waals surface area contributed by atoms with Gasteiger partial charge in [0.1, 0.15) is 11.3 Å². The highest BCUT2D eigenvalue weighted by Crippen LogP contribution is 2.26. The fourth-order valence-electron chi connectivity index (χ4n) is 3.11. The van der Waals surface area contributed by atoms with Crippen LogP contribution in [0.15, 0.2) is 42.9 Å². The van der Waals surface area contributed by atoms with E-state index in [0.29, 0.717) is 5.69 Å². The molecule has 2 aromatic heterocycles. The van der Waals surface area contributed by atoms with Gasteiger partial charge in [0.15, 0.2) is 0 Å². The van der Waals surface area contributed by atoms with Crippen molar-refractivity contribution in [2.24, 2.45) is 0 Å². The Morgan fingerprint density at radius 1 is 1.24 bits per heavy atom. The van der Waals surface area contributed by atoms with Gasteiger partial charge in [-0.3, -0.25) is 4.68 Å². The molecule has 0 aliphatic rings. The standard InChI is InChI=1S/C23H28F2N6O3/c1-14-7-15(9-17(8-14)29-21-26-6-5-19(30-21)20(24)25)16-10-28-31(12-16)13-18(32)11-27-22(33)34-23(2,3)4/h5-10,12,18,20,32H,11,13H2,1-4H3,(H,27,33)(H,26,29,30). The molecule has 0 spiro atoms. The van der Waals surface area contributed by atoms with Gasteiger partial charge in [-0.2, -0.15) is 5.10 Å². The van der Waals surface area contributed by atoms with Crippen molar-refractivity contribution in [2.75, 3.05) is 11.9 Å². The number of aromatic nitrogens is 4. The minimum absolute atomic E-state index is 0.0142. The molecular weight excluding hydrogens is 446 g/mol. The monoisotopic (exact) mass is 474 g/mol. The van der Waals surface area contributed by atoms with E-state index in [-0.39, 0.29) is 24.7 Å². The number of nitrogens with zero attached hydrogens (tertiary/aromatic N) is 4. The van der Waals surface area contributed by atoms with Crippen LogP contribution in [0.3, 0.4) is 0 Å². The highest BCUT2D eigenvalue weighted by atomic mass is 19.3. The van der Waals surface area contributed by atoms with Gasteiger partial charge < -0.3 is 20.5 Å². The third-order valence-corrected chi connectivity index (χ3v) is 4.48. The van der Waals surface area contributed by atoms with Crippen LogP contribution in [0.1, 0.15) is 38.5 Å². The molecule has 3 rings (SSSR count). The Morgan fingerprint density at radius 2 is 2.00 bits per heavy atom. The molecule has 1 atom stereocenters. The van der Waals surface area contributed by atoms with Crippen molar-refractivity contribution in [1.29, 1.82) is 0 Å². The molecule has 182 valence electrons. The molecule has 2 heterocycles. The molecule has 1 amide bonds. The SMILES string of the molecule is Cc1cc(Nc2nccc(C(F)F)n2)cc(-c2cnn(CC(O)CNC(=O)OC(C)(C)C)c2)c1. The zero-order chi connectivity index (χ0) is 24.9. The Hall–Kier alpha value is -3.60. The molecule has 0 radical (unpaired) electrons. The number of anilines is 2. The number of halogens is 2. The first-order valence-corrected chi connectivity index (χ1v) is 10.7. The maximum atomic E-state index is 12.9. The third-order valence-electron chi connectivity index (χ3n) is 4.48. The van der Waals surface area contributed by atoms with E-state index in [4.69, 9.17) is 4.74 Å². The van der Waals surface area contributed by atoms with Crippen molar-refractivity contribution in [1.82, 2.24) is 25.1 Å². The Morgan fingerprint density at radius 3 is 2.71 bits per heavy atom. The van der Waals surface area contributed by atoms with Crippen LogP contribution in [0.25, 0.3) is 11.1 Å². The van der Waals surface area contributed by atoms with E-state index in [2.05, 4.69) is 25.7 Å². The normalized spacial score (nSPS) is 12.5. The lowest BCUT2D eigenvalue weighted by atomic mass is 10.1. The summed E-state index contributed by atoms with van der Waals surface area (Å²) in [5.41, 5.74) is 2.22. The van der Waals surface area contributed by atoms with Crippen LogP contribution < -0.4 is 10.6 Å². The maximum absolute atomic E-state index is 12.9. The molecule has 34 heavy (non-hydrogen) atoms. The first kappa shape index (κ1) is 25.0. The van der Waals surface area contributed by atoms with Gasteiger partial charge in [-0.1, -0.05) is 6.07 Å². The number of aryl methyl sites for hydroxylation is 1. The summed E-state index contributed by atoms with van der Waals surface area (Å²) in [5, 5.41) is 20.0. The number of hydrogen-bond acceptors (Lipinski definition) is 7. The van der Waals surface area contributed by atoms with Gasteiger partial charge in [0.2, 0.25) is 5.95 Å². The average molecular weight is 475 g/mol. The minimum atomic E-state index is -2.68. The van der Waals surface area contributed by atoms with Gasteiger partial charge in [0.25, 0.3) is 6.43 Å². The van der Waals surface area contributed by atoms with Crippen LogP contribution in [0.2, 0.25) is 0 Å². The molecule has 1 aromatic carbocycles.